The minimum atomic E-state index is -0.107. The molecule has 6 heteroatoms. The Morgan fingerprint density at radius 3 is 1.35 bits per heavy atom. The zero-order valence-electron chi connectivity index (χ0n) is 13.6. The molecule has 0 fully saturated rings. The van der Waals surface area contributed by atoms with Gasteiger partial charge in [0.05, 0.1) is 11.4 Å². The maximum atomic E-state index is 8.70. The monoisotopic (exact) mass is 286 g/mol. The van der Waals surface area contributed by atoms with Gasteiger partial charge in [-0.3, -0.25) is 0 Å². The summed E-state index contributed by atoms with van der Waals surface area (Å²) in [6.45, 7) is 13.5. The summed E-state index contributed by atoms with van der Waals surface area (Å²) >= 11 is 0. The van der Waals surface area contributed by atoms with Crippen LogP contribution in [0.1, 0.15) is 54.4 Å². The van der Waals surface area contributed by atoms with Gasteiger partial charge >= 0.3 is 0 Å². The quantitative estimate of drug-likeness (QED) is 0.226. The molecule has 6 nitrogen and oxygen atoms in total. The molecule has 118 valence electrons. The minimum Gasteiger partial charge on any atom is -0.411 e. The standard InChI is InChI=1S/C14H30N4O2/c1-11(17-19)9-13(3,4)15-7-8-16-14(5,6)10-12(2)18-20/h15-16,19-20H,7-10H2,1-6H3/b17-11+,18-12+. The molecule has 0 bridgehead atoms. The van der Waals surface area contributed by atoms with E-state index in [0.717, 1.165) is 13.1 Å². The van der Waals surface area contributed by atoms with Crippen LogP contribution in [0.4, 0.5) is 0 Å². The highest BCUT2D eigenvalue weighted by Crippen LogP contribution is 2.10. The summed E-state index contributed by atoms with van der Waals surface area (Å²) < 4.78 is 0. The third-order valence-electron chi connectivity index (χ3n) is 3.07. The van der Waals surface area contributed by atoms with Gasteiger partial charge in [0.2, 0.25) is 0 Å². The summed E-state index contributed by atoms with van der Waals surface area (Å²) in [6, 6.07) is 0. The van der Waals surface area contributed by atoms with Crippen molar-refractivity contribution in [1.82, 2.24) is 10.6 Å². The number of rotatable bonds is 9. The molecule has 0 atom stereocenters. The summed E-state index contributed by atoms with van der Waals surface area (Å²) in [7, 11) is 0. The van der Waals surface area contributed by atoms with E-state index >= 15 is 0 Å². The van der Waals surface area contributed by atoms with E-state index in [1.165, 1.54) is 0 Å². The van der Waals surface area contributed by atoms with E-state index in [2.05, 4.69) is 48.6 Å². The Bertz CT molecular complexity index is 315. The lowest BCUT2D eigenvalue weighted by Gasteiger charge is -2.29. The molecule has 0 radical (unpaired) electrons. The van der Waals surface area contributed by atoms with Crippen LogP contribution in [-0.2, 0) is 0 Å². The smallest absolute Gasteiger partial charge is 0.0558 e. The predicted octanol–water partition coefficient (Wildman–Crippen LogP) is 2.20. The Morgan fingerprint density at radius 1 is 0.800 bits per heavy atom. The molecule has 0 aromatic heterocycles. The summed E-state index contributed by atoms with van der Waals surface area (Å²) in [5, 5.41) is 30.7. The Kier molecular flexibility index (Phi) is 7.75. The third-order valence-corrected chi connectivity index (χ3v) is 3.07. The van der Waals surface area contributed by atoms with Gasteiger partial charge in [0.25, 0.3) is 0 Å². The van der Waals surface area contributed by atoms with Crippen LogP contribution in [0.25, 0.3) is 0 Å². The number of hydrogen-bond donors (Lipinski definition) is 4. The average molecular weight is 286 g/mol. The molecule has 0 saturated heterocycles. The molecule has 4 N–H and O–H groups in total. The van der Waals surface area contributed by atoms with Crippen LogP contribution >= 0.6 is 0 Å². The van der Waals surface area contributed by atoms with Crippen molar-refractivity contribution in [3.05, 3.63) is 0 Å². The van der Waals surface area contributed by atoms with Crippen molar-refractivity contribution >= 4 is 11.4 Å². The van der Waals surface area contributed by atoms with Gasteiger partial charge in [-0.15, -0.1) is 0 Å². The number of nitrogens with zero attached hydrogens (tertiary/aromatic N) is 2. The van der Waals surface area contributed by atoms with Crippen molar-refractivity contribution in [2.24, 2.45) is 10.3 Å². The highest BCUT2D eigenvalue weighted by molar-refractivity contribution is 5.82. The summed E-state index contributed by atoms with van der Waals surface area (Å²) in [5.41, 5.74) is 1.21. The van der Waals surface area contributed by atoms with Crippen LogP contribution in [-0.4, -0.2) is 46.0 Å². The Hall–Kier alpha value is -1.14. The lowest BCUT2D eigenvalue weighted by Crippen LogP contribution is -2.48. The molecule has 0 aromatic rings. The van der Waals surface area contributed by atoms with Gasteiger partial charge in [0.15, 0.2) is 0 Å². The lowest BCUT2D eigenvalue weighted by molar-refractivity contribution is 0.308. The predicted molar refractivity (Wildman–Crippen MR) is 83.2 cm³/mol. The second-order valence-electron chi connectivity index (χ2n) is 6.65. The first-order valence-corrected chi connectivity index (χ1v) is 6.97. The summed E-state index contributed by atoms with van der Waals surface area (Å²) in [6.07, 6.45) is 1.40. The lowest BCUT2D eigenvalue weighted by atomic mass is 9.97. The van der Waals surface area contributed by atoms with Crippen LogP contribution in [0.3, 0.4) is 0 Å². The molecule has 20 heavy (non-hydrogen) atoms. The van der Waals surface area contributed by atoms with Gasteiger partial charge in [-0.05, 0) is 41.5 Å². The molecule has 0 saturated carbocycles. The molecule has 0 aliphatic heterocycles. The summed E-state index contributed by atoms with van der Waals surface area (Å²) in [5.74, 6) is 0. The van der Waals surface area contributed by atoms with Gasteiger partial charge in [-0.25, -0.2) is 0 Å². The fourth-order valence-corrected chi connectivity index (χ4v) is 2.28. The van der Waals surface area contributed by atoms with E-state index in [0.29, 0.717) is 24.3 Å². The fourth-order valence-electron chi connectivity index (χ4n) is 2.28. The fraction of sp³-hybridized carbons (Fsp3) is 0.857. The molecule has 0 spiro atoms. The first kappa shape index (κ1) is 18.9. The number of hydrogen-bond acceptors (Lipinski definition) is 6. The summed E-state index contributed by atoms with van der Waals surface area (Å²) in [4.78, 5) is 0. The molecule has 0 aromatic carbocycles. The molecule has 0 unspecified atom stereocenters. The first-order chi connectivity index (χ1) is 9.12. The van der Waals surface area contributed by atoms with Crippen molar-refractivity contribution in [2.45, 2.75) is 65.5 Å². The third kappa shape index (κ3) is 8.87. The van der Waals surface area contributed by atoms with E-state index < -0.39 is 0 Å². The number of oxime groups is 2. The Labute approximate surface area is 122 Å². The zero-order chi connectivity index (χ0) is 15.8. The topological polar surface area (TPSA) is 89.2 Å². The van der Waals surface area contributed by atoms with E-state index in [4.69, 9.17) is 10.4 Å². The van der Waals surface area contributed by atoms with Crippen LogP contribution in [0.15, 0.2) is 10.3 Å². The van der Waals surface area contributed by atoms with Gasteiger partial charge < -0.3 is 21.0 Å². The molecule has 0 amide bonds. The van der Waals surface area contributed by atoms with Crippen LogP contribution in [0, 0.1) is 0 Å². The largest absolute Gasteiger partial charge is 0.411 e. The molecular formula is C14H30N4O2. The van der Waals surface area contributed by atoms with E-state index in [1.54, 1.807) is 0 Å². The second kappa shape index (κ2) is 8.21. The van der Waals surface area contributed by atoms with Gasteiger partial charge in [0.1, 0.15) is 0 Å². The highest BCUT2D eigenvalue weighted by atomic mass is 16.4. The highest BCUT2D eigenvalue weighted by Gasteiger charge is 2.20. The Balaban J connectivity index is 4.07. The van der Waals surface area contributed by atoms with Crippen molar-refractivity contribution in [1.29, 1.82) is 0 Å². The minimum absolute atomic E-state index is 0.107. The molecule has 0 heterocycles. The van der Waals surface area contributed by atoms with E-state index in [9.17, 15) is 0 Å². The van der Waals surface area contributed by atoms with Crippen molar-refractivity contribution in [3.63, 3.8) is 0 Å². The van der Waals surface area contributed by atoms with Crippen LogP contribution in [0.5, 0.6) is 0 Å². The van der Waals surface area contributed by atoms with Crippen LogP contribution in [0.2, 0.25) is 0 Å². The van der Waals surface area contributed by atoms with Crippen molar-refractivity contribution in [2.75, 3.05) is 13.1 Å². The normalized spacial score (nSPS) is 14.7. The number of nitrogens with one attached hydrogen (secondary N) is 2. The van der Waals surface area contributed by atoms with E-state index in [-0.39, 0.29) is 11.1 Å². The molecule has 0 aliphatic rings. The van der Waals surface area contributed by atoms with E-state index in [1.807, 2.05) is 13.8 Å². The van der Waals surface area contributed by atoms with Crippen molar-refractivity contribution < 1.29 is 10.4 Å². The van der Waals surface area contributed by atoms with Crippen LogP contribution < -0.4 is 10.6 Å². The maximum Gasteiger partial charge on any atom is 0.0558 e. The van der Waals surface area contributed by atoms with Gasteiger partial charge in [-0.1, -0.05) is 10.3 Å². The SMILES string of the molecule is C/C(CC(C)(C)NCCNC(C)(C)C/C(C)=N/O)=N\O. The Morgan fingerprint density at radius 2 is 1.10 bits per heavy atom. The molecule has 0 aliphatic carbocycles. The average Bonchev–Trinajstić information content (AvgIpc) is 2.33. The zero-order valence-corrected chi connectivity index (χ0v) is 13.6. The molecule has 0 rings (SSSR count). The first-order valence-electron chi connectivity index (χ1n) is 6.97. The maximum absolute atomic E-state index is 8.70. The van der Waals surface area contributed by atoms with Gasteiger partial charge in [0, 0.05) is 37.0 Å². The second-order valence-corrected chi connectivity index (χ2v) is 6.65. The van der Waals surface area contributed by atoms with Gasteiger partial charge in [-0.2, -0.15) is 0 Å². The van der Waals surface area contributed by atoms with Crippen molar-refractivity contribution in [3.8, 4) is 0 Å². The molecular weight excluding hydrogens is 256 g/mol.